The number of ketones is 1. The van der Waals surface area contributed by atoms with E-state index in [1.165, 1.54) is 0 Å². The van der Waals surface area contributed by atoms with Crippen LogP contribution in [0, 0.1) is 17.2 Å². The van der Waals surface area contributed by atoms with Crippen molar-refractivity contribution >= 4 is 17.4 Å². The van der Waals surface area contributed by atoms with Crippen molar-refractivity contribution in [1.29, 1.82) is 5.26 Å². The smallest absolute Gasteiger partial charge is 0.175 e. The zero-order valence-corrected chi connectivity index (χ0v) is 10.4. The molecule has 0 aromatic heterocycles. The molecule has 1 aromatic rings. The molecular weight excluding hydrogens is 254 g/mol. The van der Waals surface area contributed by atoms with E-state index in [1.807, 2.05) is 6.07 Å². The average Bonchev–Trinajstić information content (AvgIpc) is 2.90. The molecular formula is C13H12ClNO3. The summed E-state index contributed by atoms with van der Waals surface area (Å²) in [6.45, 7) is 1.13. The highest BCUT2D eigenvalue weighted by atomic mass is 35.5. The summed E-state index contributed by atoms with van der Waals surface area (Å²) in [7, 11) is 0. The largest absolute Gasteiger partial charge is 0.486 e. The predicted molar refractivity (Wildman–Crippen MR) is 65.6 cm³/mol. The van der Waals surface area contributed by atoms with E-state index >= 15 is 0 Å². The van der Waals surface area contributed by atoms with Crippen molar-refractivity contribution in [2.24, 2.45) is 5.92 Å². The van der Waals surface area contributed by atoms with E-state index in [1.54, 1.807) is 18.2 Å². The lowest BCUT2D eigenvalue weighted by Crippen LogP contribution is -2.21. The van der Waals surface area contributed by atoms with Crippen molar-refractivity contribution < 1.29 is 14.3 Å². The van der Waals surface area contributed by atoms with Gasteiger partial charge in [-0.05, 0) is 18.6 Å². The Morgan fingerprint density at radius 3 is 3.06 bits per heavy atom. The molecule has 1 aliphatic heterocycles. The van der Waals surface area contributed by atoms with E-state index in [0.717, 1.165) is 6.42 Å². The molecule has 0 saturated carbocycles. The highest BCUT2D eigenvalue weighted by molar-refractivity contribution is 6.31. The fraction of sp³-hybridized carbons (Fsp3) is 0.385. The Bertz CT molecular complexity index is 489. The number of nitrogens with zero attached hydrogens (tertiary/aromatic N) is 1. The summed E-state index contributed by atoms with van der Waals surface area (Å²) in [6, 6.07) is 6.70. The minimum atomic E-state index is -0.0566. The van der Waals surface area contributed by atoms with Gasteiger partial charge in [-0.2, -0.15) is 5.26 Å². The second-order valence-electron chi connectivity index (χ2n) is 4.07. The minimum Gasteiger partial charge on any atom is -0.486 e. The molecule has 1 saturated heterocycles. The van der Waals surface area contributed by atoms with Crippen LogP contribution in [-0.4, -0.2) is 25.6 Å². The molecule has 4 nitrogen and oxygen atoms in total. The Labute approximate surface area is 110 Å². The Morgan fingerprint density at radius 2 is 2.44 bits per heavy atom. The van der Waals surface area contributed by atoms with E-state index in [2.05, 4.69) is 0 Å². The van der Waals surface area contributed by atoms with Gasteiger partial charge in [-0.15, -0.1) is 0 Å². The molecule has 0 N–H and O–H groups in total. The number of hydrogen-bond donors (Lipinski definition) is 0. The van der Waals surface area contributed by atoms with Crippen molar-refractivity contribution in [3.8, 4) is 11.8 Å². The van der Waals surface area contributed by atoms with Crippen molar-refractivity contribution in [1.82, 2.24) is 0 Å². The van der Waals surface area contributed by atoms with Gasteiger partial charge in [-0.25, -0.2) is 0 Å². The van der Waals surface area contributed by atoms with Gasteiger partial charge in [0.05, 0.1) is 17.2 Å². The molecule has 0 bridgehead atoms. The zero-order valence-electron chi connectivity index (χ0n) is 9.69. The number of carbonyl (C=O) groups is 1. The molecule has 1 fully saturated rings. The van der Waals surface area contributed by atoms with Crippen LogP contribution < -0.4 is 4.74 Å². The van der Waals surface area contributed by atoms with Crippen molar-refractivity contribution in [2.75, 3.05) is 19.8 Å². The van der Waals surface area contributed by atoms with Crippen LogP contribution in [0.25, 0.3) is 0 Å². The maximum atomic E-state index is 11.7. The van der Waals surface area contributed by atoms with Gasteiger partial charge in [-0.1, -0.05) is 11.6 Å². The van der Waals surface area contributed by atoms with Gasteiger partial charge in [-0.3, -0.25) is 4.79 Å². The predicted octanol–water partition coefficient (Wildman–Crippen LogP) is 2.20. The van der Waals surface area contributed by atoms with Gasteiger partial charge in [0.1, 0.15) is 18.4 Å². The molecule has 0 radical (unpaired) electrons. The Morgan fingerprint density at radius 1 is 1.61 bits per heavy atom. The van der Waals surface area contributed by atoms with Gasteiger partial charge < -0.3 is 9.47 Å². The Kier molecular flexibility index (Phi) is 4.19. The number of benzene rings is 1. The molecule has 0 spiro atoms. The van der Waals surface area contributed by atoms with E-state index in [4.69, 9.17) is 26.3 Å². The average molecular weight is 266 g/mol. The van der Waals surface area contributed by atoms with Crippen LogP contribution in [0.15, 0.2) is 18.2 Å². The molecule has 5 heteroatoms. The second kappa shape index (κ2) is 5.85. The molecule has 0 amide bonds. The summed E-state index contributed by atoms with van der Waals surface area (Å²) >= 11 is 5.86. The first-order valence-corrected chi connectivity index (χ1v) is 6.01. The molecule has 18 heavy (non-hydrogen) atoms. The van der Waals surface area contributed by atoms with E-state index in [-0.39, 0.29) is 18.3 Å². The monoisotopic (exact) mass is 265 g/mol. The molecule has 1 aromatic carbocycles. The number of hydrogen-bond acceptors (Lipinski definition) is 4. The van der Waals surface area contributed by atoms with Crippen LogP contribution in [0.1, 0.15) is 12.0 Å². The molecule has 1 atom stereocenters. The van der Waals surface area contributed by atoms with Crippen LogP contribution in [0.5, 0.6) is 5.75 Å². The number of halogens is 1. The highest BCUT2D eigenvalue weighted by Gasteiger charge is 2.23. The summed E-state index contributed by atoms with van der Waals surface area (Å²) in [5.41, 5.74) is 0.388. The van der Waals surface area contributed by atoms with Crippen LogP contribution in [0.2, 0.25) is 5.02 Å². The number of Topliss-reactive ketones (excluding diaryl/α,β-unsaturated/α-hetero) is 1. The fourth-order valence-electron chi connectivity index (χ4n) is 1.74. The first-order chi connectivity index (χ1) is 8.70. The molecule has 1 aliphatic rings. The quantitative estimate of drug-likeness (QED) is 0.837. The minimum absolute atomic E-state index is 0.0102. The topological polar surface area (TPSA) is 59.3 Å². The van der Waals surface area contributed by atoms with Crippen LogP contribution in [0.4, 0.5) is 0 Å². The normalized spacial score (nSPS) is 18.3. The van der Waals surface area contributed by atoms with Gasteiger partial charge in [0, 0.05) is 18.6 Å². The van der Waals surface area contributed by atoms with Crippen molar-refractivity contribution in [3.63, 3.8) is 0 Å². The van der Waals surface area contributed by atoms with Crippen LogP contribution in [0.3, 0.4) is 0 Å². The third-order valence-electron chi connectivity index (χ3n) is 2.83. The van der Waals surface area contributed by atoms with Gasteiger partial charge in [0.15, 0.2) is 5.78 Å². The highest BCUT2D eigenvalue weighted by Crippen LogP contribution is 2.22. The Hall–Kier alpha value is -1.57. The zero-order chi connectivity index (χ0) is 13.0. The number of ether oxygens (including phenoxy) is 2. The number of nitriles is 1. The van der Waals surface area contributed by atoms with Crippen LogP contribution >= 0.6 is 11.6 Å². The van der Waals surface area contributed by atoms with E-state index in [9.17, 15) is 4.79 Å². The molecule has 0 aliphatic carbocycles. The van der Waals surface area contributed by atoms with Crippen molar-refractivity contribution in [3.05, 3.63) is 28.8 Å². The second-order valence-corrected chi connectivity index (χ2v) is 4.48. The Balaban J connectivity index is 1.92. The maximum absolute atomic E-state index is 11.7. The fourth-order valence-corrected chi connectivity index (χ4v) is 1.95. The first kappa shape index (κ1) is 12.9. The lowest BCUT2D eigenvalue weighted by molar-refractivity contribution is -0.124. The summed E-state index contributed by atoms with van der Waals surface area (Å²) in [5.74, 6) is 0.470. The molecule has 2 rings (SSSR count). The van der Waals surface area contributed by atoms with Gasteiger partial charge >= 0.3 is 0 Å². The third-order valence-corrected chi connectivity index (χ3v) is 3.14. The molecule has 1 heterocycles. The molecule has 1 unspecified atom stereocenters. The maximum Gasteiger partial charge on any atom is 0.175 e. The summed E-state index contributed by atoms with van der Waals surface area (Å²) in [6.07, 6.45) is 0.760. The number of carbonyl (C=O) groups excluding carboxylic acids is 1. The molecule has 94 valence electrons. The number of rotatable bonds is 4. The summed E-state index contributed by atoms with van der Waals surface area (Å²) in [5, 5.41) is 9.05. The third kappa shape index (κ3) is 3.00. The summed E-state index contributed by atoms with van der Waals surface area (Å²) in [4.78, 5) is 11.7. The van der Waals surface area contributed by atoms with E-state index in [0.29, 0.717) is 29.5 Å². The van der Waals surface area contributed by atoms with Crippen LogP contribution in [-0.2, 0) is 9.53 Å². The first-order valence-electron chi connectivity index (χ1n) is 5.63. The van der Waals surface area contributed by atoms with E-state index < -0.39 is 0 Å². The lowest BCUT2D eigenvalue weighted by Gasteiger charge is -2.09. The SMILES string of the molecule is N#Cc1ccc(OCC(=O)C2CCOC2)cc1Cl. The lowest BCUT2D eigenvalue weighted by atomic mass is 10.0. The van der Waals surface area contributed by atoms with Gasteiger partial charge in [0.2, 0.25) is 0 Å². The van der Waals surface area contributed by atoms with Crippen molar-refractivity contribution in [2.45, 2.75) is 6.42 Å². The summed E-state index contributed by atoms with van der Waals surface area (Å²) < 4.78 is 10.5. The van der Waals surface area contributed by atoms with Gasteiger partial charge in [0.25, 0.3) is 0 Å². The standard InChI is InChI=1S/C13H12ClNO3/c14-12-5-11(2-1-9(12)6-15)18-8-13(16)10-3-4-17-7-10/h1-2,5,10H,3-4,7-8H2.